The number of nitrogens with one attached hydrogen (secondary N) is 2. The molecular formula is C14H22N4O. The number of ether oxygens (including phenoxy) is 1. The molecule has 2 N–H and O–H groups in total. The molecule has 0 spiro atoms. The van der Waals surface area contributed by atoms with Gasteiger partial charge in [0.05, 0.1) is 0 Å². The second-order valence-corrected chi connectivity index (χ2v) is 4.67. The highest BCUT2D eigenvalue weighted by Gasteiger charge is 2.18. The van der Waals surface area contributed by atoms with Crippen molar-refractivity contribution in [1.29, 1.82) is 0 Å². The highest BCUT2D eigenvalue weighted by Crippen LogP contribution is 2.24. The van der Waals surface area contributed by atoms with Crippen LogP contribution in [0.15, 0.2) is 23.3 Å². The van der Waals surface area contributed by atoms with Crippen molar-refractivity contribution in [2.24, 2.45) is 4.99 Å². The van der Waals surface area contributed by atoms with Gasteiger partial charge in [0.1, 0.15) is 6.10 Å². The zero-order valence-electron chi connectivity index (χ0n) is 11.6. The number of hydrogen-bond acceptors (Lipinski definition) is 3. The Hall–Kier alpha value is -1.78. The van der Waals surface area contributed by atoms with Crippen molar-refractivity contribution in [3.8, 4) is 5.88 Å². The minimum Gasteiger partial charge on any atom is -0.474 e. The number of pyridine rings is 1. The molecule has 1 aliphatic carbocycles. The largest absolute Gasteiger partial charge is 0.474 e. The third-order valence-electron chi connectivity index (χ3n) is 3.34. The van der Waals surface area contributed by atoms with Crippen LogP contribution in [0.5, 0.6) is 5.88 Å². The molecule has 1 heterocycles. The van der Waals surface area contributed by atoms with Crippen molar-refractivity contribution in [3.63, 3.8) is 0 Å². The molecule has 0 radical (unpaired) electrons. The van der Waals surface area contributed by atoms with E-state index in [0.717, 1.165) is 30.2 Å². The molecule has 0 aromatic carbocycles. The second kappa shape index (κ2) is 6.97. The van der Waals surface area contributed by atoms with Crippen LogP contribution in [0.4, 0.5) is 0 Å². The molecule has 1 fully saturated rings. The van der Waals surface area contributed by atoms with Crippen LogP contribution in [0.1, 0.15) is 31.2 Å². The topological polar surface area (TPSA) is 58.5 Å². The van der Waals surface area contributed by atoms with Gasteiger partial charge < -0.3 is 15.4 Å². The van der Waals surface area contributed by atoms with Crippen LogP contribution >= 0.6 is 0 Å². The zero-order valence-corrected chi connectivity index (χ0v) is 11.6. The third-order valence-corrected chi connectivity index (χ3v) is 3.34. The fraction of sp³-hybridized carbons (Fsp3) is 0.571. The SMILES string of the molecule is CN=C(NC)NCc1cccnc1OC1CCCC1. The summed E-state index contributed by atoms with van der Waals surface area (Å²) in [4.78, 5) is 8.44. The molecule has 0 bridgehead atoms. The third kappa shape index (κ3) is 3.84. The Morgan fingerprint density at radius 1 is 1.47 bits per heavy atom. The van der Waals surface area contributed by atoms with E-state index < -0.39 is 0 Å². The molecule has 0 unspecified atom stereocenters. The highest BCUT2D eigenvalue weighted by molar-refractivity contribution is 5.79. The number of hydrogen-bond donors (Lipinski definition) is 2. The Labute approximate surface area is 114 Å². The minimum absolute atomic E-state index is 0.331. The zero-order chi connectivity index (χ0) is 13.5. The normalized spacial score (nSPS) is 16.4. The summed E-state index contributed by atoms with van der Waals surface area (Å²) in [6.07, 6.45) is 6.91. The first kappa shape index (κ1) is 13.6. The standard InChI is InChI=1S/C14H22N4O/c1-15-14(16-2)18-10-11-6-5-9-17-13(11)19-12-7-3-4-8-12/h5-6,9,12H,3-4,7-8,10H2,1-2H3,(H2,15,16,18). The van der Waals surface area contributed by atoms with Crippen molar-refractivity contribution >= 4 is 5.96 Å². The van der Waals surface area contributed by atoms with E-state index in [4.69, 9.17) is 4.74 Å². The van der Waals surface area contributed by atoms with Crippen molar-refractivity contribution < 1.29 is 4.74 Å². The van der Waals surface area contributed by atoms with Gasteiger partial charge in [0.15, 0.2) is 5.96 Å². The second-order valence-electron chi connectivity index (χ2n) is 4.67. The van der Waals surface area contributed by atoms with E-state index in [9.17, 15) is 0 Å². The highest BCUT2D eigenvalue weighted by atomic mass is 16.5. The van der Waals surface area contributed by atoms with E-state index in [1.165, 1.54) is 12.8 Å². The van der Waals surface area contributed by atoms with Gasteiger partial charge >= 0.3 is 0 Å². The van der Waals surface area contributed by atoms with Gasteiger partial charge in [-0.3, -0.25) is 4.99 Å². The van der Waals surface area contributed by atoms with Crippen molar-refractivity contribution in [2.75, 3.05) is 14.1 Å². The number of aliphatic imine (C=N–C) groups is 1. The van der Waals surface area contributed by atoms with E-state index in [-0.39, 0.29) is 0 Å². The minimum atomic E-state index is 0.331. The lowest BCUT2D eigenvalue weighted by Crippen LogP contribution is -2.34. The molecule has 19 heavy (non-hydrogen) atoms. The van der Waals surface area contributed by atoms with Crippen molar-refractivity contribution in [2.45, 2.75) is 38.3 Å². The summed E-state index contributed by atoms with van der Waals surface area (Å²) in [5.74, 6) is 1.50. The van der Waals surface area contributed by atoms with Crippen LogP contribution in [-0.2, 0) is 6.54 Å². The Kier molecular flexibility index (Phi) is 5.01. The van der Waals surface area contributed by atoms with E-state index in [1.54, 1.807) is 13.2 Å². The molecule has 0 atom stereocenters. The first-order valence-electron chi connectivity index (χ1n) is 6.82. The maximum absolute atomic E-state index is 5.99. The number of rotatable bonds is 4. The van der Waals surface area contributed by atoms with Crippen LogP contribution in [0.3, 0.4) is 0 Å². The molecule has 1 aromatic heterocycles. The Morgan fingerprint density at radius 3 is 2.95 bits per heavy atom. The van der Waals surface area contributed by atoms with E-state index in [0.29, 0.717) is 12.6 Å². The fourth-order valence-electron chi connectivity index (χ4n) is 2.29. The Balaban J connectivity index is 1.99. The van der Waals surface area contributed by atoms with Gasteiger partial charge in [-0.05, 0) is 31.7 Å². The predicted molar refractivity (Wildman–Crippen MR) is 76.4 cm³/mol. The van der Waals surface area contributed by atoms with Gasteiger partial charge in [0.25, 0.3) is 0 Å². The van der Waals surface area contributed by atoms with Crippen LogP contribution in [0.2, 0.25) is 0 Å². The summed E-state index contributed by atoms with van der Waals surface area (Å²) in [6, 6.07) is 3.97. The quantitative estimate of drug-likeness (QED) is 0.640. The summed E-state index contributed by atoms with van der Waals surface area (Å²) in [7, 11) is 3.59. The molecule has 1 saturated carbocycles. The average Bonchev–Trinajstić information content (AvgIpc) is 2.94. The van der Waals surface area contributed by atoms with Gasteiger partial charge in [-0.15, -0.1) is 0 Å². The van der Waals surface area contributed by atoms with Crippen LogP contribution in [0, 0.1) is 0 Å². The van der Waals surface area contributed by atoms with E-state index in [2.05, 4.69) is 20.6 Å². The van der Waals surface area contributed by atoms with E-state index in [1.807, 2.05) is 19.2 Å². The maximum atomic E-state index is 5.99. The lowest BCUT2D eigenvalue weighted by atomic mass is 10.2. The number of guanidine groups is 1. The lowest BCUT2D eigenvalue weighted by molar-refractivity contribution is 0.199. The molecule has 1 aromatic rings. The summed E-state index contributed by atoms with van der Waals surface area (Å²) < 4.78 is 5.99. The first-order chi connectivity index (χ1) is 9.33. The number of aromatic nitrogens is 1. The van der Waals surface area contributed by atoms with Gasteiger partial charge in [-0.1, -0.05) is 6.07 Å². The van der Waals surface area contributed by atoms with Crippen LogP contribution in [-0.4, -0.2) is 31.1 Å². The smallest absolute Gasteiger partial charge is 0.218 e. The summed E-state index contributed by atoms with van der Waals surface area (Å²) in [5.41, 5.74) is 1.06. The number of nitrogens with zero attached hydrogens (tertiary/aromatic N) is 2. The molecule has 104 valence electrons. The van der Waals surface area contributed by atoms with Gasteiger partial charge in [0.2, 0.25) is 5.88 Å². The molecular weight excluding hydrogens is 240 g/mol. The molecule has 2 rings (SSSR count). The molecule has 1 aliphatic rings. The Morgan fingerprint density at radius 2 is 2.26 bits per heavy atom. The van der Waals surface area contributed by atoms with Gasteiger partial charge in [-0.2, -0.15) is 0 Å². The predicted octanol–water partition coefficient (Wildman–Crippen LogP) is 1.70. The monoisotopic (exact) mass is 262 g/mol. The first-order valence-corrected chi connectivity index (χ1v) is 6.82. The summed E-state index contributed by atoms with van der Waals surface area (Å²) in [6.45, 7) is 0.656. The Bertz CT molecular complexity index is 427. The average molecular weight is 262 g/mol. The summed E-state index contributed by atoms with van der Waals surface area (Å²) in [5, 5.41) is 6.21. The van der Waals surface area contributed by atoms with E-state index >= 15 is 0 Å². The molecule has 5 nitrogen and oxygen atoms in total. The molecule has 0 amide bonds. The van der Waals surface area contributed by atoms with Crippen molar-refractivity contribution in [3.05, 3.63) is 23.9 Å². The van der Waals surface area contributed by atoms with Crippen LogP contribution < -0.4 is 15.4 Å². The summed E-state index contributed by atoms with van der Waals surface area (Å²) >= 11 is 0. The molecule has 0 aliphatic heterocycles. The van der Waals surface area contributed by atoms with Gasteiger partial charge in [0, 0.05) is 32.4 Å². The fourth-order valence-corrected chi connectivity index (χ4v) is 2.29. The lowest BCUT2D eigenvalue weighted by Gasteiger charge is -2.16. The van der Waals surface area contributed by atoms with Crippen molar-refractivity contribution in [1.82, 2.24) is 15.6 Å². The molecule has 0 saturated heterocycles. The maximum Gasteiger partial charge on any atom is 0.218 e. The van der Waals surface area contributed by atoms with Gasteiger partial charge in [-0.25, -0.2) is 4.98 Å². The molecule has 5 heteroatoms. The van der Waals surface area contributed by atoms with Crippen LogP contribution in [0.25, 0.3) is 0 Å².